The largest absolute Gasteiger partial charge is 0.437 e. The number of rotatable bonds is 5. The standard InChI is InChI=1S/C21H17FN4O3/c22-14-3-6-16(7-4-14)26-11-9-18(21(26)28)20(27)25-15-5-8-19(24-12-15)29-17-2-1-10-23-13-17/h1-8,10,12-13,18H,9,11H2,(H,25,27). The second-order valence-electron chi connectivity index (χ2n) is 6.47. The van der Waals surface area contributed by atoms with Gasteiger partial charge in [0.25, 0.3) is 0 Å². The number of carbonyl (C=O) groups excluding carboxylic acids is 2. The summed E-state index contributed by atoms with van der Waals surface area (Å²) in [4.78, 5) is 34.8. The number of halogens is 1. The maximum atomic E-state index is 13.1. The molecule has 1 saturated heterocycles. The van der Waals surface area contributed by atoms with Gasteiger partial charge in [-0.25, -0.2) is 9.37 Å². The molecule has 0 saturated carbocycles. The molecule has 1 N–H and O–H groups in total. The second-order valence-corrected chi connectivity index (χ2v) is 6.47. The number of hydrogen-bond acceptors (Lipinski definition) is 5. The van der Waals surface area contributed by atoms with Crippen molar-refractivity contribution in [1.82, 2.24) is 9.97 Å². The summed E-state index contributed by atoms with van der Waals surface area (Å²) >= 11 is 0. The number of nitrogens with zero attached hydrogens (tertiary/aromatic N) is 3. The Morgan fingerprint density at radius 1 is 1.14 bits per heavy atom. The average Bonchev–Trinajstić information content (AvgIpc) is 3.12. The van der Waals surface area contributed by atoms with Crippen LogP contribution in [-0.4, -0.2) is 28.3 Å². The maximum absolute atomic E-state index is 13.1. The van der Waals surface area contributed by atoms with Crippen molar-refractivity contribution in [2.75, 3.05) is 16.8 Å². The fourth-order valence-corrected chi connectivity index (χ4v) is 3.07. The minimum absolute atomic E-state index is 0.307. The van der Waals surface area contributed by atoms with Crippen molar-refractivity contribution >= 4 is 23.2 Å². The first-order chi connectivity index (χ1) is 14.1. The van der Waals surface area contributed by atoms with Crippen LogP contribution in [0.15, 0.2) is 67.1 Å². The van der Waals surface area contributed by atoms with Gasteiger partial charge in [0.2, 0.25) is 17.7 Å². The molecule has 0 aliphatic carbocycles. The highest BCUT2D eigenvalue weighted by Gasteiger charge is 2.37. The summed E-state index contributed by atoms with van der Waals surface area (Å²) in [6.45, 7) is 0.401. The molecular formula is C21H17FN4O3. The minimum atomic E-state index is -0.800. The van der Waals surface area contributed by atoms with E-state index in [1.807, 2.05) is 0 Å². The lowest BCUT2D eigenvalue weighted by atomic mass is 10.1. The van der Waals surface area contributed by atoms with Gasteiger partial charge in [-0.05, 0) is 48.9 Å². The summed E-state index contributed by atoms with van der Waals surface area (Å²) in [6.07, 6.45) is 5.05. The van der Waals surface area contributed by atoms with E-state index in [-0.39, 0.29) is 11.7 Å². The smallest absolute Gasteiger partial charge is 0.239 e. The summed E-state index contributed by atoms with van der Waals surface area (Å²) in [5.74, 6) is -0.977. The lowest BCUT2D eigenvalue weighted by Crippen LogP contribution is -2.33. The minimum Gasteiger partial charge on any atom is -0.437 e. The van der Waals surface area contributed by atoms with Gasteiger partial charge in [0.15, 0.2) is 0 Å². The third-order valence-corrected chi connectivity index (χ3v) is 4.52. The van der Waals surface area contributed by atoms with Crippen molar-refractivity contribution in [2.24, 2.45) is 5.92 Å². The SMILES string of the molecule is O=C(Nc1ccc(Oc2cccnc2)nc1)C1CCN(c2ccc(F)cc2)C1=O. The maximum Gasteiger partial charge on any atom is 0.239 e. The molecule has 29 heavy (non-hydrogen) atoms. The van der Waals surface area contributed by atoms with Crippen LogP contribution in [0.1, 0.15) is 6.42 Å². The Balaban J connectivity index is 1.38. The van der Waals surface area contributed by atoms with Crippen LogP contribution in [0.4, 0.5) is 15.8 Å². The zero-order valence-corrected chi connectivity index (χ0v) is 15.3. The topological polar surface area (TPSA) is 84.4 Å². The predicted octanol–water partition coefficient (Wildman–Crippen LogP) is 3.40. The first-order valence-corrected chi connectivity index (χ1v) is 9.02. The zero-order valence-electron chi connectivity index (χ0n) is 15.3. The normalized spacial score (nSPS) is 16.0. The van der Waals surface area contributed by atoms with Crippen LogP contribution in [0, 0.1) is 11.7 Å². The Morgan fingerprint density at radius 3 is 2.66 bits per heavy atom. The van der Waals surface area contributed by atoms with E-state index in [4.69, 9.17) is 4.74 Å². The molecule has 2 amide bonds. The predicted molar refractivity (Wildman–Crippen MR) is 104 cm³/mol. The van der Waals surface area contributed by atoms with E-state index in [0.29, 0.717) is 36.0 Å². The second kappa shape index (κ2) is 8.05. The number of carbonyl (C=O) groups is 2. The molecular weight excluding hydrogens is 375 g/mol. The summed E-state index contributed by atoms with van der Waals surface area (Å²) in [7, 11) is 0. The van der Waals surface area contributed by atoms with Gasteiger partial charge in [-0.3, -0.25) is 14.6 Å². The van der Waals surface area contributed by atoms with Crippen LogP contribution < -0.4 is 15.0 Å². The van der Waals surface area contributed by atoms with Gasteiger partial charge in [0.05, 0.1) is 18.1 Å². The van der Waals surface area contributed by atoms with E-state index in [2.05, 4.69) is 15.3 Å². The third-order valence-electron chi connectivity index (χ3n) is 4.52. The Hall–Kier alpha value is -3.81. The molecule has 4 rings (SSSR count). The number of anilines is 2. The molecule has 1 aromatic carbocycles. The Bertz CT molecular complexity index is 1010. The van der Waals surface area contributed by atoms with Crippen molar-refractivity contribution < 1.29 is 18.7 Å². The van der Waals surface area contributed by atoms with Crippen molar-refractivity contribution in [3.63, 3.8) is 0 Å². The van der Waals surface area contributed by atoms with Gasteiger partial charge >= 0.3 is 0 Å². The van der Waals surface area contributed by atoms with Gasteiger partial charge in [-0.1, -0.05) is 0 Å². The number of aromatic nitrogens is 2. The number of hydrogen-bond donors (Lipinski definition) is 1. The molecule has 2 aromatic heterocycles. The van der Waals surface area contributed by atoms with Crippen molar-refractivity contribution in [3.8, 4) is 11.6 Å². The summed E-state index contributed by atoms with van der Waals surface area (Å²) in [5.41, 5.74) is 1.03. The van der Waals surface area contributed by atoms with Gasteiger partial charge in [-0.2, -0.15) is 0 Å². The Morgan fingerprint density at radius 2 is 1.97 bits per heavy atom. The van der Waals surface area contributed by atoms with Crippen LogP contribution in [0.2, 0.25) is 0 Å². The van der Waals surface area contributed by atoms with Crippen LogP contribution in [0.3, 0.4) is 0 Å². The molecule has 3 heterocycles. The first-order valence-electron chi connectivity index (χ1n) is 9.02. The van der Waals surface area contributed by atoms with Gasteiger partial charge < -0.3 is 15.0 Å². The van der Waals surface area contributed by atoms with Crippen LogP contribution in [0.25, 0.3) is 0 Å². The highest BCUT2D eigenvalue weighted by molar-refractivity contribution is 6.13. The average molecular weight is 392 g/mol. The van der Waals surface area contributed by atoms with E-state index in [1.165, 1.54) is 35.4 Å². The Kier molecular flexibility index (Phi) is 5.15. The molecule has 8 heteroatoms. The summed E-state index contributed by atoms with van der Waals surface area (Å²) in [5, 5.41) is 2.71. The molecule has 0 spiro atoms. The van der Waals surface area contributed by atoms with E-state index in [9.17, 15) is 14.0 Å². The number of benzene rings is 1. The van der Waals surface area contributed by atoms with Gasteiger partial charge in [0.1, 0.15) is 17.5 Å². The van der Waals surface area contributed by atoms with Crippen molar-refractivity contribution in [1.29, 1.82) is 0 Å². The first kappa shape index (κ1) is 18.5. The van der Waals surface area contributed by atoms with E-state index < -0.39 is 11.8 Å². The monoisotopic (exact) mass is 392 g/mol. The number of ether oxygens (including phenoxy) is 1. The Labute approximate surface area is 166 Å². The third kappa shape index (κ3) is 4.21. The molecule has 1 aliphatic rings. The van der Waals surface area contributed by atoms with Crippen LogP contribution in [-0.2, 0) is 9.59 Å². The van der Waals surface area contributed by atoms with Gasteiger partial charge in [-0.15, -0.1) is 0 Å². The fraction of sp³-hybridized carbons (Fsp3) is 0.143. The highest BCUT2D eigenvalue weighted by atomic mass is 19.1. The number of nitrogens with one attached hydrogen (secondary N) is 1. The molecule has 0 bridgehead atoms. The summed E-state index contributed by atoms with van der Waals surface area (Å²) < 4.78 is 18.6. The molecule has 1 aliphatic heterocycles. The molecule has 146 valence electrons. The summed E-state index contributed by atoms with van der Waals surface area (Å²) in [6, 6.07) is 12.4. The van der Waals surface area contributed by atoms with Crippen molar-refractivity contribution in [3.05, 3.63) is 72.9 Å². The molecule has 0 radical (unpaired) electrons. The number of pyridine rings is 2. The highest BCUT2D eigenvalue weighted by Crippen LogP contribution is 2.27. The lowest BCUT2D eigenvalue weighted by Gasteiger charge is -2.16. The molecule has 1 unspecified atom stereocenters. The molecule has 1 fully saturated rings. The van der Waals surface area contributed by atoms with E-state index in [1.54, 1.807) is 36.7 Å². The van der Waals surface area contributed by atoms with E-state index >= 15 is 0 Å². The fourth-order valence-electron chi connectivity index (χ4n) is 3.07. The molecule has 1 atom stereocenters. The van der Waals surface area contributed by atoms with Crippen molar-refractivity contribution in [2.45, 2.75) is 6.42 Å². The van der Waals surface area contributed by atoms with Gasteiger partial charge in [0, 0.05) is 24.5 Å². The van der Waals surface area contributed by atoms with Crippen LogP contribution in [0.5, 0.6) is 11.6 Å². The molecule has 3 aromatic rings. The lowest BCUT2D eigenvalue weighted by molar-refractivity contribution is -0.129. The molecule has 7 nitrogen and oxygen atoms in total. The van der Waals surface area contributed by atoms with Crippen LogP contribution >= 0.6 is 0 Å². The zero-order chi connectivity index (χ0) is 20.2. The quantitative estimate of drug-likeness (QED) is 0.673. The van der Waals surface area contributed by atoms with E-state index in [0.717, 1.165) is 0 Å². The number of amides is 2.